The summed E-state index contributed by atoms with van der Waals surface area (Å²) in [5.74, 6) is -0.392. The SMILES string of the molecule is COc1ccc(-n2ccnc2C(Cc2cc(F)cc(F)c2)NC(=O)CC2CNc3ccc(O)cc32)cc1. The molecular weight excluding hydrogens is 478 g/mol. The second kappa shape index (κ2) is 10.3. The van der Waals surface area contributed by atoms with Crippen molar-refractivity contribution < 1.29 is 23.4 Å². The molecule has 0 fully saturated rings. The Labute approximate surface area is 212 Å². The van der Waals surface area contributed by atoms with Crippen molar-refractivity contribution in [1.29, 1.82) is 0 Å². The highest BCUT2D eigenvalue weighted by molar-refractivity contribution is 5.78. The average Bonchev–Trinajstić information content (AvgIpc) is 3.51. The number of methoxy groups -OCH3 is 1. The predicted molar refractivity (Wildman–Crippen MR) is 135 cm³/mol. The van der Waals surface area contributed by atoms with E-state index in [2.05, 4.69) is 15.6 Å². The quantitative estimate of drug-likeness (QED) is 0.298. The van der Waals surface area contributed by atoms with E-state index in [-0.39, 0.29) is 30.4 Å². The van der Waals surface area contributed by atoms with Crippen LogP contribution in [0.5, 0.6) is 11.5 Å². The number of halogens is 2. The van der Waals surface area contributed by atoms with Crippen LogP contribution in [0.1, 0.15) is 35.3 Å². The van der Waals surface area contributed by atoms with Crippen LogP contribution in [0.2, 0.25) is 0 Å². The number of phenols is 1. The third kappa shape index (κ3) is 5.40. The summed E-state index contributed by atoms with van der Waals surface area (Å²) in [7, 11) is 1.58. The summed E-state index contributed by atoms with van der Waals surface area (Å²) in [6.45, 7) is 0.562. The van der Waals surface area contributed by atoms with Crippen LogP contribution in [0.3, 0.4) is 0 Å². The van der Waals surface area contributed by atoms with Gasteiger partial charge < -0.3 is 25.0 Å². The molecule has 2 atom stereocenters. The second-order valence-corrected chi connectivity index (χ2v) is 9.01. The maximum atomic E-state index is 14.0. The number of imidazole rings is 1. The molecular formula is C28H26F2N4O3. The van der Waals surface area contributed by atoms with Gasteiger partial charge in [0.15, 0.2) is 0 Å². The maximum absolute atomic E-state index is 14.0. The number of nitrogens with zero attached hydrogens (tertiary/aromatic N) is 2. The minimum atomic E-state index is -0.688. The molecule has 0 bridgehead atoms. The van der Waals surface area contributed by atoms with Crippen LogP contribution in [0.25, 0.3) is 5.69 Å². The first-order valence-electron chi connectivity index (χ1n) is 11.9. The molecule has 7 nitrogen and oxygen atoms in total. The molecule has 37 heavy (non-hydrogen) atoms. The molecule has 3 aromatic carbocycles. The number of rotatable bonds is 8. The number of aromatic nitrogens is 2. The van der Waals surface area contributed by atoms with Gasteiger partial charge in [-0.3, -0.25) is 4.79 Å². The largest absolute Gasteiger partial charge is 0.508 e. The second-order valence-electron chi connectivity index (χ2n) is 9.01. The highest BCUT2D eigenvalue weighted by atomic mass is 19.1. The molecule has 0 radical (unpaired) electrons. The van der Waals surface area contributed by atoms with Gasteiger partial charge in [0.25, 0.3) is 0 Å². The van der Waals surface area contributed by atoms with Crippen LogP contribution in [0.15, 0.2) is 73.1 Å². The van der Waals surface area contributed by atoms with Crippen LogP contribution in [0, 0.1) is 11.6 Å². The zero-order chi connectivity index (χ0) is 25.9. The molecule has 4 aromatic rings. The molecule has 9 heteroatoms. The van der Waals surface area contributed by atoms with E-state index < -0.39 is 17.7 Å². The Morgan fingerprint density at radius 3 is 2.65 bits per heavy atom. The number of benzene rings is 3. The predicted octanol–water partition coefficient (Wildman–Crippen LogP) is 4.86. The van der Waals surface area contributed by atoms with Crippen molar-refractivity contribution in [2.24, 2.45) is 0 Å². The van der Waals surface area contributed by atoms with Crippen molar-refractivity contribution in [2.75, 3.05) is 19.0 Å². The Kier molecular flexibility index (Phi) is 6.76. The standard InChI is InChI=1S/C28H26F2N4O3/c1-37-23-5-2-21(3-6-23)34-9-8-31-28(34)26(12-17-10-19(29)14-20(30)11-17)33-27(36)13-18-16-32-25-7-4-22(35)15-24(18)25/h2-11,14-15,18,26,32,35H,12-13,16H2,1H3,(H,33,36). The zero-order valence-electron chi connectivity index (χ0n) is 20.1. The van der Waals surface area contributed by atoms with E-state index >= 15 is 0 Å². The minimum absolute atomic E-state index is 0.129. The van der Waals surface area contributed by atoms with Crippen LogP contribution in [-0.4, -0.2) is 34.2 Å². The summed E-state index contributed by atoms with van der Waals surface area (Å²) in [4.78, 5) is 17.7. The first-order valence-corrected chi connectivity index (χ1v) is 11.9. The fraction of sp³-hybridized carbons (Fsp3) is 0.214. The molecule has 0 spiro atoms. The number of carbonyl (C=O) groups excluding carboxylic acids is 1. The van der Waals surface area contributed by atoms with Crippen molar-refractivity contribution >= 4 is 11.6 Å². The van der Waals surface area contributed by atoms with Crippen molar-refractivity contribution in [2.45, 2.75) is 24.8 Å². The normalized spacial score (nSPS) is 15.1. The Bertz CT molecular complexity index is 1400. The van der Waals surface area contributed by atoms with E-state index in [1.54, 1.807) is 37.7 Å². The fourth-order valence-electron chi connectivity index (χ4n) is 4.76. The lowest BCUT2D eigenvalue weighted by Gasteiger charge is -2.21. The number of nitrogens with one attached hydrogen (secondary N) is 2. The third-order valence-corrected chi connectivity index (χ3v) is 6.47. The fourth-order valence-corrected chi connectivity index (χ4v) is 4.76. The number of aromatic hydroxyl groups is 1. The molecule has 0 saturated heterocycles. The van der Waals surface area contributed by atoms with Crippen LogP contribution < -0.4 is 15.4 Å². The number of fused-ring (bicyclic) bond motifs is 1. The molecule has 1 aliphatic rings. The molecule has 1 aliphatic heterocycles. The Morgan fingerprint density at radius 2 is 1.92 bits per heavy atom. The van der Waals surface area contributed by atoms with E-state index in [4.69, 9.17) is 4.74 Å². The lowest BCUT2D eigenvalue weighted by atomic mass is 9.96. The molecule has 0 saturated carbocycles. The third-order valence-electron chi connectivity index (χ3n) is 6.47. The first-order chi connectivity index (χ1) is 17.9. The van der Waals surface area contributed by atoms with E-state index in [0.717, 1.165) is 23.0 Å². The van der Waals surface area contributed by atoms with Crippen molar-refractivity contribution in [1.82, 2.24) is 14.9 Å². The van der Waals surface area contributed by atoms with Gasteiger partial charge in [0, 0.05) is 55.1 Å². The molecule has 5 rings (SSSR count). The van der Waals surface area contributed by atoms with E-state index in [1.165, 1.54) is 12.1 Å². The number of ether oxygens (including phenoxy) is 1. The van der Waals surface area contributed by atoms with Gasteiger partial charge in [-0.1, -0.05) is 0 Å². The highest BCUT2D eigenvalue weighted by Crippen LogP contribution is 2.36. The summed E-state index contributed by atoms with van der Waals surface area (Å²) in [6.07, 6.45) is 3.68. The number of carbonyl (C=O) groups is 1. The Balaban J connectivity index is 1.42. The van der Waals surface area contributed by atoms with Gasteiger partial charge in [0.2, 0.25) is 5.91 Å². The number of phenolic OH excluding ortho intramolecular Hbond substituents is 1. The molecule has 1 aromatic heterocycles. The average molecular weight is 505 g/mol. The van der Waals surface area contributed by atoms with Gasteiger partial charge in [0.1, 0.15) is 29.0 Å². The number of amides is 1. The number of hydrogen-bond acceptors (Lipinski definition) is 5. The molecule has 2 heterocycles. The maximum Gasteiger partial charge on any atom is 0.221 e. The van der Waals surface area contributed by atoms with Crippen molar-refractivity contribution in [3.63, 3.8) is 0 Å². The van der Waals surface area contributed by atoms with Crippen LogP contribution in [-0.2, 0) is 11.2 Å². The van der Waals surface area contributed by atoms with Gasteiger partial charge in [-0.05, 0) is 65.7 Å². The van der Waals surface area contributed by atoms with Gasteiger partial charge in [-0.2, -0.15) is 0 Å². The van der Waals surface area contributed by atoms with Crippen molar-refractivity contribution in [3.8, 4) is 17.2 Å². The van der Waals surface area contributed by atoms with Gasteiger partial charge in [0.05, 0.1) is 13.2 Å². The highest BCUT2D eigenvalue weighted by Gasteiger charge is 2.27. The van der Waals surface area contributed by atoms with Crippen LogP contribution in [0.4, 0.5) is 14.5 Å². The Morgan fingerprint density at radius 1 is 1.16 bits per heavy atom. The topological polar surface area (TPSA) is 88.4 Å². The van der Waals surface area contributed by atoms with E-state index in [9.17, 15) is 18.7 Å². The zero-order valence-corrected chi connectivity index (χ0v) is 20.1. The van der Waals surface area contributed by atoms with Crippen molar-refractivity contribution in [3.05, 3.63) is 102 Å². The summed E-state index contributed by atoms with van der Waals surface area (Å²) in [5, 5.41) is 16.2. The van der Waals surface area contributed by atoms with Gasteiger partial charge in [-0.25, -0.2) is 13.8 Å². The smallest absolute Gasteiger partial charge is 0.221 e. The molecule has 190 valence electrons. The van der Waals surface area contributed by atoms with Gasteiger partial charge >= 0.3 is 0 Å². The summed E-state index contributed by atoms with van der Waals surface area (Å²) in [6, 6.07) is 15.1. The number of anilines is 1. The molecule has 2 unspecified atom stereocenters. The van der Waals surface area contributed by atoms with E-state index in [0.29, 0.717) is 23.7 Å². The Hall–Kier alpha value is -4.40. The molecule has 0 aliphatic carbocycles. The first kappa shape index (κ1) is 24.3. The minimum Gasteiger partial charge on any atom is -0.508 e. The lowest BCUT2D eigenvalue weighted by molar-refractivity contribution is -0.122. The molecule has 3 N–H and O–H groups in total. The lowest BCUT2D eigenvalue weighted by Crippen LogP contribution is -2.33. The summed E-state index contributed by atoms with van der Waals surface area (Å²) >= 11 is 0. The summed E-state index contributed by atoms with van der Waals surface area (Å²) in [5.41, 5.74) is 2.95. The van der Waals surface area contributed by atoms with Crippen LogP contribution >= 0.6 is 0 Å². The van der Waals surface area contributed by atoms with E-state index in [1.807, 2.05) is 28.8 Å². The molecule has 1 amide bonds. The van der Waals surface area contributed by atoms with Gasteiger partial charge in [-0.15, -0.1) is 0 Å². The number of hydrogen-bond donors (Lipinski definition) is 3. The summed E-state index contributed by atoms with van der Waals surface area (Å²) < 4.78 is 35.0. The monoisotopic (exact) mass is 504 g/mol.